The maximum Gasteiger partial charge on any atom is 0.391 e. The summed E-state index contributed by atoms with van der Waals surface area (Å²) in [5.74, 6) is -0.565. The Morgan fingerprint density at radius 3 is 2.41 bits per heavy atom. The molecule has 1 aliphatic carbocycles. The maximum absolute atomic E-state index is 12.1. The normalized spacial score (nSPS) is 29.0. The summed E-state index contributed by atoms with van der Waals surface area (Å²) >= 11 is 0. The first-order chi connectivity index (χ1) is 7.59. The lowest BCUT2D eigenvalue weighted by atomic mass is 9.84. The minimum absolute atomic E-state index is 0.135. The van der Waals surface area contributed by atoms with Crippen LogP contribution in [0, 0.1) is 5.92 Å². The summed E-state index contributed by atoms with van der Waals surface area (Å²) in [6.07, 6.45) is -4.42. The lowest BCUT2D eigenvalue weighted by Gasteiger charge is -2.31. The highest BCUT2D eigenvalue weighted by Gasteiger charge is 2.38. The highest BCUT2D eigenvalue weighted by atomic mass is 32.2. The van der Waals surface area contributed by atoms with E-state index in [1.165, 1.54) is 0 Å². The molecule has 0 heterocycles. The van der Waals surface area contributed by atoms with Gasteiger partial charge in [0.15, 0.2) is 0 Å². The maximum atomic E-state index is 12.1. The minimum atomic E-state index is -4.41. The molecular formula is C10H17F3O3S. The van der Waals surface area contributed by atoms with Crippen LogP contribution in [0.15, 0.2) is 0 Å². The van der Waals surface area contributed by atoms with Gasteiger partial charge < -0.3 is 5.11 Å². The fourth-order valence-corrected chi connectivity index (χ4v) is 3.51. The second-order valence-corrected chi connectivity index (χ2v) is 7.09. The molecule has 3 nitrogen and oxygen atoms in total. The van der Waals surface area contributed by atoms with E-state index in [9.17, 15) is 26.7 Å². The van der Waals surface area contributed by atoms with Crippen LogP contribution in [0.5, 0.6) is 0 Å². The van der Waals surface area contributed by atoms with E-state index in [2.05, 4.69) is 0 Å². The Hall–Kier alpha value is -0.300. The first kappa shape index (κ1) is 14.8. The second-order valence-electron chi connectivity index (χ2n) is 4.76. The van der Waals surface area contributed by atoms with Crippen molar-refractivity contribution in [1.82, 2.24) is 0 Å². The molecule has 17 heavy (non-hydrogen) atoms. The van der Waals surface area contributed by atoms with Gasteiger partial charge in [-0.15, -0.1) is 0 Å². The van der Waals surface area contributed by atoms with Crippen LogP contribution in [0.4, 0.5) is 13.2 Å². The van der Waals surface area contributed by atoms with Crippen LogP contribution >= 0.6 is 0 Å². The Balaban J connectivity index is 2.61. The fraction of sp³-hybridized carbons (Fsp3) is 1.00. The van der Waals surface area contributed by atoms with Gasteiger partial charge in [0.2, 0.25) is 0 Å². The van der Waals surface area contributed by atoms with Gasteiger partial charge in [-0.1, -0.05) is 6.42 Å². The van der Waals surface area contributed by atoms with Crippen molar-refractivity contribution >= 4 is 9.84 Å². The Bertz CT molecular complexity index is 350. The monoisotopic (exact) mass is 274 g/mol. The van der Waals surface area contributed by atoms with E-state index in [4.69, 9.17) is 0 Å². The molecule has 0 aromatic rings. The van der Waals surface area contributed by atoms with Crippen LogP contribution in [0.1, 0.15) is 32.1 Å². The predicted octanol–water partition coefficient (Wildman–Crippen LogP) is 1.90. The fourth-order valence-electron chi connectivity index (χ4n) is 2.32. The molecule has 3 atom stereocenters. The van der Waals surface area contributed by atoms with Crippen molar-refractivity contribution in [2.45, 2.75) is 49.6 Å². The number of rotatable bonds is 3. The van der Waals surface area contributed by atoms with E-state index in [-0.39, 0.29) is 6.42 Å². The van der Waals surface area contributed by atoms with E-state index in [1.807, 2.05) is 0 Å². The number of aliphatic hydroxyl groups excluding tert-OH is 1. The summed E-state index contributed by atoms with van der Waals surface area (Å²) in [7, 11) is -3.23. The van der Waals surface area contributed by atoms with Gasteiger partial charge in [0.05, 0.1) is 17.8 Å². The molecule has 0 spiro atoms. The average Bonchev–Trinajstić information content (AvgIpc) is 2.14. The number of sulfone groups is 1. The van der Waals surface area contributed by atoms with Gasteiger partial charge in [0.1, 0.15) is 9.84 Å². The van der Waals surface area contributed by atoms with E-state index >= 15 is 0 Å². The third-order valence-electron chi connectivity index (χ3n) is 3.26. The summed E-state index contributed by atoms with van der Waals surface area (Å²) in [6, 6.07) is 0. The SMILES string of the molecule is CS(=O)(=O)C1CCCC(C(O)CC(F)(F)F)C1. The molecule has 0 aromatic heterocycles. The molecule has 0 aromatic carbocycles. The second kappa shape index (κ2) is 5.14. The first-order valence-corrected chi connectivity index (χ1v) is 7.49. The molecule has 0 amide bonds. The quantitative estimate of drug-likeness (QED) is 0.855. The molecule has 1 fully saturated rings. The number of hydrogen-bond acceptors (Lipinski definition) is 3. The van der Waals surface area contributed by atoms with Crippen molar-refractivity contribution in [2.24, 2.45) is 5.92 Å². The smallest absolute Gasteiger partial charge is 0.391 e. The number of aliphatic hydroxyl groups is 1. The lowest BCUT2D eigenvalue weighted by Crippen LogP contribution is -2.35. The number of alkyl halides is 3. The molecule has 1 aliphatic rings. The largest absolute Gasteiger partial charge is 0.392 e. The Labute approximate surface area is 98.9 Å². The average molecular weight is 274 g/mol. The van der Waals surface area contributed by atoms with Gasteiger partial charge in [-0.05, 0) is 25.2 Å². The van der Waals surface area contributed by atoms with Crippen molar-refractivity contribution in [2.75, 3.05) is 6.26 Å². The molecule has 1 N–H and O–H groups in total. The topological polar surface area (TPSA) is 54.4 Å². The van der Waals surface area contributed by atoms with Crippen LogP contribution in [-0.4, -0.2) is 37.3 Å². The van der Waals surface area contributed by atoms with Gasteiger partial charge in [0.25, 0.3) is 0 Å². The first-order valence-electron chi connectivity index (χ1n) is 5.53. The predicted molar refractivity (Wildman–Crippen MR) is 57.3 cm³/mol. The zero-order valence-corrected chi connectivity index (χ0v) is 10.4. The van der Waals surface area contributed by atoms with Crippen molar-refractivity contribution in [1.29, 1.82) is 0 Å². The van der Waals surface area contributed by atoms with Crippen molar-refractivity contribution in [3.05, 3.63) is 0 Å². The lowest BCUT2D eigenvalue weighted by molar-refractivity contribution is -0.160. The van der Waals surface area contributed by atoms with Crippen LogP contribution in [-0.2, 0) is 9.84 Å². The molecule has 102 valence electrons. The Morgan fingerprint density at radius 2 is 1.94 bits per heavy atom. The zero-order valence-electron chi connectivity index (χ0n) is 9.57. The van der Waals surface area contributed by atoms with Crippen LogP contribution < -0.4 is 0 Å². The minimum Gasteiger partial charge on any atom is -0.392 e. The molecule has 7 heteroatoms. The third-order valence-corrected chi connectivity index (χ3v) is 4.90. The molecule has 0 aliphatic heterocycles. The zero-order chi connectivity index (χ0) is 13.3. The Morgan fingerprint density at radius 1 is 1.35 bits per heavy atom. The van der Waals surface area contributed by atoms with Crippen LogP contribution in [0.25, 0.3) is 0 Å². The molecule has 1 saturated carbocycles. The van der Waals surface area contributed by atoms with Gasteiger partial charge in [-0.25, -0.2) is 8.42 Å². The van der Waals surface area contributed by atoms with E-state index in [0.29, 0.717) is 19.3 Å². The number of hydrogen-bond donors (Lipinski definition) is 1. The highest BCUT2D eigenvalue weighted by Crippen LogP contribution is 2.34. The van der Waals surface area contributed by atoms with Gasteiger partial charge in [-0.3, -0.25) is 0 Å². The summed E-state index contributed by atoms with van der Waals surface area (Å²) < 4.78 is 59.0. The Kier molecular flexibility index (Phi) is 4.46. The van der Waals surface area contributed by atoms with Crippen molar-refractivity contribution in [3.63, 3.8) is 0 Å². The summed E-state index contributed by atoms with van der Waals surface area (Å²) in [6.45, 7) is 0. The highest BCUT2D eigenvalue weighted by molar-refractivity contribution is 7.91. The molecule has 0 radical (unpaired) electrons. The molecule has 0 saturated heterocycles. The third kappa shape index (κ3) is 4.83. The van der Waals surface area contributed by atoms with Gasteiger partial charge in [0, 0.05) is 6.26 Å². The molecular weight excluding hydrogens is 257 g/mol. The van der Waals surface area contributed by atoms with Gasteiger partial charge in [-0.2, -0.15) is 13.2 Å². The van der Waals surface area contributed by atoms with Crippen LogP contribution in [0.3, 0.4) is 0 Å². The van der Waals surface area contributed by atoms with E-state index in [0.717, 1.165) is 6.26 Å². The summed E-state index contributed by atoms with van der Waals surface area (Å²) in [5.41, 5.74) is 0. The standard InChI is InChI=1S/C10H17F3O3S/c1-17(15,16)8-4-2-3-7(5-8)9(14)6-10(11,12)13/h7-9,14H,2-6H2,1H3. The van der Waals surface area contributed by atoms with Crippen molar-refractivity contribution in [3.8, 4) is 0 Å². The van der Waals surface area contributed by atoms with E-state index in [1.54, 1.807) is 0 Å². The molecule has 1 rings (SSSR count). The van der Waals surface area contributed by atoms with Gasteiger partial charge >= 0.3 is 6.18 Å². The molecule has 0 bridgehead atoms. The van der Waals surface area contributed by atoms with E-state index < -0.39 is 39.7 Å². The number of halogens is 3. The van der Waals surface area contributed by atoms with Crippen LogP contribution in [0.2, 0.25) is 0 Å². The molecule has 3 unspecified atom stereocenters. The summed E-state index contributed by atoms with van der Waals surface area (Å²) in [5, 5.41) is 8.87. The summed E-state index contributed by atoms with van der Waals surface area (Å²) in [4.78, 5) is 0. The van der Waals surface area contributed by atoms with Crippen molar-refractivity contribution < 1.29 is 26.7 Å².